The predicted octanol–water partition coefficient (Wildman–Crippen LogP) is 4.89. The number of carbonyl (C=O) groups is 2. The van der Waals surface area contributed by atoms with Crippen LogP contribution in [-0.2, 0) is 23.9 Å². The Balaban J connectivity index is 2.66. The summed E-state index contributed by atoms with van der Waals surface area (Å²) in [4.78, 5) is 23.3. The number of phenolic OH excluding ortho intramolecular Hbond substituents is 1. The number of hydrogen-bond acceptors (Lipinski definition) is 6. The molecule has 0 aromatic heterocycles. The van der Waals surface area contributed by atoms with E-state index in [1.54, 1.807) is 0 Å². The summed E-state index contributed by atoms with van der Waals surface area (Å²) in [5, 5.41) is 12.8. The Morgan fingerprint density at radius 3 is 2.21 bits per heavy atom. The second-order valence-corrected chi connectivity index (χ2v) is 8.60. The zero-order chi connectivity index (χ0) is 21.7. The van der Waals surface area contributed by atoms with E-state index in [1.807, 2.05) is 6.92 Å². The molecule has 0 atom stereocenters. The summed E-state index contributed by atoms with van der Waals surface area (Å²) in [6.45, 7) is 4.11. The Labute approximate surface area is 174 Å². The van der Waals surface area contributed by atoms with E-state index >= 15 is 0 Å². The zero-order valence-corrected chi connectivity index (χ0v) is 18.2. The Hall–Kier alpha value is -2.09. The summed E-state index contributed by atoms with van der Waals surface area (Å²) in [5.41, 5.74) is -0.0240. The fourth-order valence-electron chi connectivity index (χ4n) is 2.83. The highest BCUT2D eigenvalue weighted by Gasteiger charge is 2.25. The molecule has 0 spiro atoms. The molecule has 0 saturated heterocycles. The fourth-order valence-corrected chi connectivity index (χ4v) is 3.84. The number of carbonyl (C=O) groups excluding carboxylic acids is 2. The Bertz CT molecular complexity index is 760. The number of unbranched alkanes of at least 4 members (excludes halogenated alkanes) is 7. The summed E-state index contributed by atoms with van der Waals surface area (Å²) < 4.78 is 29.2. The Morgan fingerprint density at radius 1 is 0.931 bits per heavy atom. The maximum absolute atomic E-state index is 12.3. The standard InChI is InChI=1S/C21H33NO6S/c1-3-5-7-8-9-11-15-19(23)22-17-13-12-14-18(21(17)25)29(26,27)28-20(24)16-10-6-4-2/h12-14,25H,3-11,15-16H2,1-2H3,(H,22,23). The molecule has 0 unspecified atom stereocenters. The molecule has 1 aromatic rings. The van der Waals surface area contributed by atoms with Crippen LogP contribution in [0.15, 0.2) is 23.1 Å². The van der Waals surface area contributed by atoms with Crippen LogP contribution in [0.5, 0.6) is 5.75 Å². The number of amides is 1. The van der Waals surface area contributed by atoms with Crippen LogP contribution in [0.4, 0.5) is 5.69 Å². The average molecular weight is 428 g/mol. The maximum Gasteiger partial charge on any atom is 0.345 e. The van der Waals surface area contributed by atoms with Crippen molar-refractivity contribution < 1.29 is 27.3 Å². The number of benzene rings is 1. The van der Waals surface area contributed by atoms with Gasteiger partial charge in [-0.2, -0.15) is 8.42 Å². The fraction of sp³-hybridized carbons (Fsp3) is 0.619. The molecular weight excluding hydrogens is 394 g/mol. The van der Waals surface area contributed by atoms with Gasteiger partial charge in [-0.1, -0.05) is 64.9 Å². The highest BCUT2D eigenvalue weighted by molar-refractivity contribution is 7.87. The van der Waals surface area contributed by atoms with Crippen molar-refractivity contribution in [3.05, 3.63) is 18.2 Å². The van der Waals surface area contributed by atoms with Gasteiger partial charge in [0.05, 0.1) is 5.69 Å². The molecule has 1 aromatic carbocycles. The van der Waals surface area contributed by atoms with Gasteiger partial charge >= 0.3 is 16.1 Å². The van der Waals surface area contributed by atoms with E-state index in [1.165, 1.54) is 18.6 Å². The van der Waals surface area contributed by atoms with Gasteiger partial charge in [-0.15, -0.1) is 0 Å². The topological polar surface area (TPSA) is 110 Å². The normalized spacial score (nSPS) is 11.2. The van der Waals surface area contributed by atoms with Crippen molar-refractivity contribution in [3.8, 4) is 5.75 Å². The molecule has 164 valence electrons. The summed E-state index contributed by atoms with van der Waals surface area (Å²) in [6, 6.07) is 3.90. The molecule has 2 N–H and O–H groups in total. The van der Waals surface area contributed by atoms with E-state index in [0.29, 0.717) is 6.42 Å². The van der Waals surface area contributed by atoms with Crippen molar-refractivity contribution in [1.29, 1.82) is 0 Å². The molecule has 7 nitrogen and oxygen atoms in total. The number of para-hydroxylation sites is 1. The van der Waals surface area contributed by atoms with Crippen molar-refractivity contribution in [2.45, 2.75) is 89.4 Å². The monoisotopic (exact) mass is 427 g/mol. The summed E-state index contributed by atoms with van der Waals surface area (Å²) in [6.07, 6.45) is 8.73. The lowest BCUT2D eigenvalue weighted by molar-refractivity contribution is -0.134. The van der Waals surface area contributed by atoms with Gasteiger partial charge in [0.2, 0.25) is 5.91 Å². The van der Waals surface area contributed by atoms with Crippen molar-refractivity contribution in [3.63, 3.8) is 0 Å². The Kier molecular flexibility index (Phi) is 11.3. The van der Waals surface area contributed by atoms with E-state index in [4.69, 9.17) is 0 Å². The van der Waals surface area contributed by atoms with Crippen LogP contribution >= 0.6 is 0 Å². The van der Waals surface area contributed by atoms with Gasteiger partial charge in [0.25, 0.3) is 0 Å². The minimum Gasteiger partial charge on any atom is -0.504 e. The molecule has 0 aliphatic heterocycles. The molecule has 0 aliphatic carbocycles. The summed E-state index contributed by atoms with van der Waals surface area (Å²) in [7, 11) is -4.47. The van der Waals surface area contributed by atoms with Crippen LogP contribution in [0.1, 0.15) is 84.5 Å². The molecule has 1 amide bonds. The highest BCUT2D eigenvalue weighted by atomic mass is 32.2. The van der Waals surface area contributed by atoms with Gasteiger partial charge in [-0.3, -0.25) is 9.59 Å². The molecule has 1 rings (SSSR count). The smallest absolute Gasteiger partial charge is 0.345 e. The zero-order valence-electron chi connectivity index (χ0n) is 17.4. The lowest BCUT2D eigenvalue weighted by Crippen LogP contribution is -2.15. The van der Waals surface area contributed by atoms with Gasteiger partial charge in [0.1, 0.15) is 4.90 Å². The average Bonchev–Trinajstić information content (AvgIpc) is 2.66. The first-order chi connectivity index (χ1) is 13.8. The van der Waals surface area contributed by atoms with Crippen molar-refractivity contribution in [1.82, 2.24) is 0 Å². The molecule has 29 heavy (non-hydrogen) atoms. The molecule has 0 heterocycles. The van der Waals surface area contributed by atoms with Gasteiger partial charge in [-0.05, 0) is 25.0 Å². The molecule has 0 fully saturated rings. The SMILES string of the molecule is CCCCCCCCC(=O)Nc1cccc(S(=O)(=O)OC(=O)CCCCC)c1O. The summed E-state index contributed by atoms with van der Waals surface area (Å²) >= 11 is 0. The molecule has 0 saturated carbocycles. The van der Waals surface area contributed by atoms with Crippen LogP contribution in [0.3, 0.4) is 0 Å². The van der Waals surface area contributed by atoms with Gasteiger partial charge in [0.15, 0.2) is 5.75 Å². The van der Waals surface area contributed by atoms with Crippen LogP contribution in [-0.4, -0.2) is 25.4 Å². The first-order valence-electron chi connectivity index (χ1n) is 10.4. The van der Waals surface area contributed by atoms with Crippen LogP contribution in [0.2, 0.25) is 0 Å². The molecule has 0 bridgehead atoms. The number of hydrogen-bond donors (Lipinski definition) is 2. The summed E-state index contributed by atoms with van der Waals surface area (Å²) in [5.74, 6) is -1.80. The van der Waals surface area contributed by atoms with Gasteiger partial charge < -0.3 is 14.6 Å². The minimum atomic E-state index is -4.47. The van der Waals surface area contributed by atoms with Crippen molar-refractivity contribution in [2.75, 3.05) is 5.32 Å². The van der Waals surface area contributed by atoms with Gasteiger partial charge in [-0.25, -0.2) is 0 Å². The first kappa shape index (κ1) is 24.9. The quantitative estimate of drug-likeness (QED) is 0.248. The number of phenols is 1. The van der Waals surface area contributed by atoms with Gasteiger partial charge in [0, 0.05) is 12.8 Å². The maximum atomic E-state index is 12.3. The van der Waals surface area contributed by atoms with Crippen molar-refractivity contribution in [2.24, 2.45) is 0 Å². The minimum absolute atomic E-state index is 0.0114. The Morgan fingerprint density at radius 2 is 1.52 bits per heavy atom. The van der Waals surface area contributed by atoms with Crippen LogP contribution in [0.25, 0.3) is 0 Å². The third-order valence-corrected chi connectivity index (χ3v) is 5.76. The van der Waals surface area contributed by atoms with Crippen molar-refractivity contribution >= 4 is 27.7 Å². The molecule has 0 radical (unpaired) electrons. The van der Waals surface area contributed by atoms with E-state index in [2.05, 4.69) is 16.4 Å². The largest absolute Gasteiger partial charge is 0.504 e. The highest BCUT2D eigenvalue weighted by Crippen LogP contribution is 2.32. The van der Waals surface area contributed by atoms with E-state index < -0.39 is 26.7 Å². The number of rotatable bonds is 14. The lowest BCUT2D eigenvalue weighted by Gasteiger charge is -2.11. The van der Waals surface area contributed by atoms with E-state index in [9.17, 15) is 23.1 Å². The first-order valence-corrected chi connectivity index (χ1v) is 11.8. The lowest BCUT2D eigenvalue weighted by atomic mass is 10.1. The van der Waals surface area contributed by atoms with E-state index in [-0.39, 0.29) is 24.4 Å². The van der Waals surface area contributed by atoms with Crippen LogP contribution < -0.4 is 5.32 Å². The third-order valence-electron chi connectivity index (χ3n) is 4.49. The van der Waals surface area contributed by atoms with E-state index in [0.717, 1.165) is 51.0 Å². The predicted molar refractivity (Wildman–Crippen MR) is 112 cm³/mol. The number of nitrogens with one attached hydrogen (secondary N) is 1. The second-order valence-electron chi connectivity index (χ2n) is 7.08. The third kappa shape index (κ3) is 9.30. The molecule has 8 heteroatoms. The number of aromatic hydroxyl groups is 1. The second kappa shape index (κ2) is 13.2. The number of anilines is 1. The van der Waals surface area contributed by atoms with Crippen LogP contribution in [0, 0.1) is 0 Å². The molecule has 0 aliphatic rings. The molecular formula is C21H33NO6S.